The number of carboxylic acids is 2. The number of hydrogen-bond acceptors (Lipinski definition) is 8. The lowest BCUT2D eigenvalue weighted by atomic mass is 9.73. The van der Waals surface area contributed by atoms with Gasteiger partial charge in [0.05, 0.1) is 7.11 Å². The monoisotopic (exact) mass is 537 g/mol. The molecule has 0 bridgehead atoms. The molecule has 10 nitrogen and oxygen atoms in total. The maximum Gasteiger partial charge on any atom is 0.348 e. The largest absolute Gasteiger partial charge is 0.497 e. The zero-order valence-corrected chi connectivity index (χ0v) is 21.5. The van der Waals surface area contributed by atoms with E-state index in [1.807, 2.05) is 19.1 Å². The number of nitrogens with two attached hydrogens (primary N) is 1. The maximum atomic E-state index is 12.6. The van der Waals surface area contributed by atoms with Gasteiger partial charge in [-0.3, -0.25) is 9.59 Å². The number of methoxy groups -OCH3 is 1. The van der Waals surface area contributed by atoms with Crippen molar-refractivity contribution in [1.29, 1.82) is 0 Å². The molecule has 0 saturated carbocycles. The van der Waals surface area contributed by atoms with Gasteiger partial charge in [-0.15, -0.1) is 0 Å². The summed E-state index contributed by atoms with van der Waals surface area (Å²) in [5, 5.41) is 39.9. The summed E-state index contributed by atoms with van der Waals surface area (Å²) in [7, 11) is 1.68. The fourth-order valence-electron chi connectivity index (χ4n) is 3.62. The number of rotatable bonds is 11. The molecule has 0 spiro atoms. The van der Waals surface area contributed by atoms with Crippen LogP contribution < -0.4 is 10.5 Å². The summed E-state index contributed by atoms with van der Waals surface area (Å²) in [6.07, 6.45) is 2.08. The molecule has 0 aliphatic heterocycles. The molecule has 0 radical (unpaired) electrons. The first kappa shape index (κ1) is 30.8. The number of aryl methyl sites for hydroxylation is 1. The molecule has 6 N–H and O–H groups in total. The predicted molar refractivity (Wildman–Crippen MR) is 142 cm³/mol. The lowest BCUT2D eigenvalue weighted by Gasteiger charge is -2.34. The van der Waals surface area contributed by atoms with E-state index < -0.39 is 45.8 Å². The number of ether oxygens (including phenoxy) is 1. The summed E-state index contributed by atoms with van der Waals surface area (Å²) in [4.78, 5) is 48.5. The van der Waals surface area contributed by atoms with E-state index in [9.17, 15) is 39.6 Å². The van der Waals surface area contributed by atoms with Gasteiger partial charge in [-0.25, -0.2) is 9.59 Å². The lowest BCUT2D eigenvalue weighted by molar-refractivity contribution is -0.187. The van der Waals surface area contributed by atoms with E-state index in [0.29, 0.717) is 0 Å². The number of ketones is 2. The summed E-state index contributed by atoms with van der Waals surface area (Å²) >= 11 is 0. The van der Waals surface area contributed by atoms with E-state index in [1.54, 1.807) is 7.11 Å². The Morgan fingerprint density at radius 3 is 1.44 bits per heavy atom. The molecule has 10 heteroatoms. The van der Waals surface area contributed by atoms with E-state index in [-0.39, 0.29) is 6.04 Å². The molecule has 3 unspecified atom stereocenters. The van der Waals surface area contributed by atoms with Gasteiger partial charge < -0.3 is 30.9 Å². The lowest BCUT2D eigenvalue weighted by Crippen LogP contribution is -2.71. The number of carbonyl (C=O) groups excluding carboxylic acids is 2. The SMILES string of the molecule is COc1ccc(CCC(C)N)cc1.O=C(O)C(O)(C(=O)c1ccccc1)C(O)(C(=O)O)C(=O)c1ccccc1. The van der Waals surface area contributed by atoms with E-state index in [1.165, 1.54) is 42.0 Å². The second kappa shape index (κ2) is 13.4. The molecule has 39 heavy (non-hydrogen) atoms. The molecule has 0 aliphatic rings. The molecule has 0 aliphatic carbocycles. The van der Waals surface area contributed by atoms with Crippen LogP contribution in [-0.2, 0) is 16.0 Å². The molecule has 3 rings (SSSR count). The third-order valence-corrected chi connectivity index (χ3v) is 5.92. The van der Waals surface area contributed by atoms with Crippen molar-refractivity contribution in [3.05, 3.63) is 102 Å². The van der Waals surface area contributed by atoms with Crippen molar-refractivity contribution in [2.45, 2.75) is 37.0 Å². The van der Waals surface area contributed by atoms with Crippen LogP contribution in [0.15, 0.2) is 84.9 Å². The number of carbonyl (C=O) groups is 4. The second-order valence-electron chi connectivity index (χ2n) is 8.79. The van der Waals surface area contributed by atoms with E-state index in [0.717, 1.165) is 42.9 Å². The van der Waals surface area contributed by atoms with Gasteiger partial charge in [0.2, 0.25) is 11.6 Å². The van der Waals surface area contributed by atoms with Crippen molar-refractivity contribution >= 4 is 23.5 Å². The predicted octanol–water partition coefficient (Wildman–Crippen LogP) is 2.36. The summed E-state index contributed by atoms with van der Waals surface area (Å²) in [5.74, 6) is -7.12. The molecular formula is C29H31NO9. The first-order chi connectivity index (χ1) is 18.4. The standard InChI is InChI=1S/C18H14O8.C11H17NO/c19-13(11-7-3-1-4-8-11)17(25,15(21)22)18(26,16(23)24)14(20)12-9-5-2-6-10-12;1-9(12)3-4-10-5-7-11(13-2)8-6-10/h1-10,25-26H,(H,21,22)(H,23,24);5-9H,3-4,12H2,1-2H3. The minimum absolute atomic E-state index is 0.280. The van der Waals surface area contributed by atoms with Crippen LogP contribution in [-0.4, -0.2) is 68.3 Å². The van der Waals surface area contributed by atoms with Gasteiger partial charge in [0.1, 0.15) is 5.75 Å². The zero-order chi connectivity index (χ0) is 29.2. The number of Topliss-reactive ketones (excluding diaryl/α,β-unsaturated/α-hetero) is 2. The molecular weight excluding hydrogens is 506 g/mol. The number of carboxylic acid groups (broad SMARTS) is 2. The Balaban J connectivity index is 0.000000344. The summed E-state index contributed by atoms with van der Waals surface area (Å²) < 4.78 is 5.07. The van der Waals surface area contributed by atoms with Gasteiger partial charge in [0, 0.05) is 17.2 Å². The van der Waals surface area contributed by atoms with Crippen LogP contribution in [0.3, 0.4) is 0 Å². The van der Waals surface area contributed by atoms with Gasteiger partial charge in [-0.05, 0) is 37.5 Å². The fraction of sp³-hybridized carbons (Fsp3) is 0.241. The normalized spacial score (nSPS) is 14.4. The average Bonchev–Trinajstić information content (AvgIpc) is 2.95. The van der Waals surface area contributed by atoms with Gasteiger partial charge in [0.15, 0.2) is 0 Å². The quantitative estimate of drug-likeness (QED) is 0.180. The minimum Gasteiger partial charge on any atom is -0.497 e. The molecule has 3 atom stereocenters. The minimum atomic E-state index is -3.95. The van der Waals surface area contributed by atoms with Gasteiger partial charge in [-0.2, -0.15) is 0 Å². The van der Waals surface area contributed by atoms with E-state index >= 15 is 0 Å². The number of hydrogen-bond donors (Lipinski definition) is 5. The third-order valence-electron chi connectivity index (χ3n) is 5.92. The first-order valence-corrected chi connectivity index (χ1v) is 11.9. The molecule has 3 aromatic rings. The van der Waals surface area contributed by atoms with E-state index in [4.69, 9.17) is 10.5 Å². The van der Waals surface area contributed by atoms with Crippen molar-refractivity contribution in [3.8, 4) is 5.75 Å². The number of benzene rings is 3. The van der Waals surface area contributed by atoms with Crippen LogP contribution in [0.4, 0.5) is 0 Å². The van der Waals surface area contributed by atoms with Crippen molar-refractivity contribution in [3.63, 3.8) is 0 Å². The Labute approximate surface area is 225 Å². The first-order valence-electron chi connectivity index (χ1n) is 11.9. The highest BCUT2D eigenvalue weighted by Crippen LogP contribution is 2.31. The highest BCUT2D eigenvalue weighted by molar-refractivity contribution is 6.28. The average molecular weight is 538 g/mol. The third kappa shape index (κ3) is 6.94. The molecule has 0 amide bonds. The Hall–Kier alpha value is -4.38. The maximum absolute atomic E-state index is 12.6. The molecule has 0 fully saturated rings. The van der Waals surface area contributed by atoms with Crippen molar-refractivity contribution in [2.75, 3.05) is 7.11 Å². The van der Waals surface area contributed by atoms with Crippen LogP contribution in [0.5, 0.6) is 5.75 Å². The van der Waals surface area contributed by atoms with Gasteiger partial charge in [-0.1, -0.05) is 72.8 Å². The Kier molecular flexibility index (Phi) is 10.6. The Bertz CT molecular complexity index is 1200. The van der Waals surface area contributed by atoms with Gasteiger partial charge >= 0.3 is 11.9 Å². The Morgan fingerprint density at radius 2 is 1.13 bits per heavy atom. The van der Waals surface area contributed by atoms with Crippen LogP contribution in [0.25, 0.3) is 0 Å². The van der Waals surface area contributed by atoms with Crippen LogP contribution >= 0.6 is 0 Å². The van der Waals surface area contributed by atoms with Crippen molar-refractivity contribution in [1.82, 2.24) is 0 Å². The smallest absolute Gasteiger partial charge is 0.348 e. The van der Waals surface area contributed by atoms with Crippen molar-refractivity contribution < 1.29 is 44.3 Å². The molecule has 0 aromatic heterocycles. The molecule has 206 valence electrons. The van der Waals surface area contributed by atoms with Crippen molar-refractivity contribution in [2.24, 2.45) is 5.73 Å². The van der Waals surface area contributed by atoms with Crippen LogP contribution in [0.1, 0.15) is 39.6 Å². The zero-order valence-electron chi connectivity index (χ0n) is 21.5. The Morgan fingerprint density at radius 1 is 0.744 bits per heavy atom. The number of aliphatic carboxylic acids is 2. The fourth-order valence-corrected chi connectivity index (χ4v) is 3.62. The molecule has 0 heterocycles. The van der Waals surface area contributed by atoms with Crippen LogP contribution in [0.2, 0.25) is 0 Å². The van der Waals surface area contributed by atoms with Gasteiger partial charge in [0.25, 0.3) is 11.2 Å². The summed E-state index contributed by atoms with van der Waals surface area (Å²) in [6, 6.07) is 21.2. The highest BCUT2D eigenvalue weighted by Gasteiger charge is 2.69. The highest BCUT2D eigenvalue weighted by atomic mass is 16.5. The molecule has 0 saturated heterocycles. The van der Waals surface area contributed by atoms with Crippen LogP contribution in [0, 0.1) is 0 Å². The summed E-state index contributed by atoms with van der Waals surface area (Å²) in [6.45, 7) is 2.03. The summed E-state index contributed by atoms with van der Waals surface area (Å²) in [5.41, 5.74) is -1.69. The molecule has 3 aromatic carbocycles. The topological polar surface area (TPSA) is 184 Å². The number of aliphatic hydroxyl groups is 2. The second-order valence-corrected chi connectivity index (χ2v) is 8.79. The van der Waals surface area contributed by atoms with E-state index in [2.05, 4.69) is 12.1 Å².